The second kappa shape index (κ2) is 18.5. The second-order valence-corrected chi connectivity index (χ2v) is 5.76. The summed E-state index contributed by atoms with van der Waals surface area (Å²) in [5.41, 5.74) is 12.1. The molecule has 0 saturated heterocycles. The lowest BCUT2D eigenvalue weighted by atomic mass is 10.1. The van der Waals surface area contributed by atoms with Crippen LogP contribution in [0.4, 0.5) is 0 Å². The van der Waals surface area contributed by atoms with Crippen LogP contribution in [0.15, 0.2) is 5.22 Å². The molecule has 5 N–H and O–H groups in total. The molecule has 0 radical (unpaired) electrons. The third-order valence-corrected chi connectivity index (χ3v) is 3.41. The summed E-state index contributed by atoms with van der Waals surface area (Å²) in [6, 6.07) is -1.02. The van der Waals surface area contributed by atoms with Crippen LogP contribution in [-0.4, -0.2) is 101 Å². The number of hydrogen-bond acceptors (Lipinski definition) is 9. The van der Waals surface area contributed by atoms with E-state index in [1.807, 2.05) is 0 Å². The van der Waals surface area contributed by atoms with E-state index in [-0.39, 0.29) is 18.7 Å². The molecule has 12 nitrogen and oxygen atoms in total. The second-order valence-electron chi connectivity index (χ2n) is 5.76. The molecule has 0 spiro atoms. The van der Waals surface area contributed by atoms with Gasteiger partial charge in [0.05, 0.1) is 59.4 Å². The number of aliphatic carboxylic acids is 1. The van der Waals surface area contributed by atoms with E-state index in [0.717, 1.165) is 0 Å². The Morgan fingerprint density at radius 2 is 1.54 bits per heavy atom. The number of carbonyl (C=O) groups excluding carboxylic acids is 1. The quantitative estimate of drug-likeness (QED) is 0.115. The van der Waals surface area contributed by atoms with Gasteiger partial charge in [0, 0.05) is 20.0 Å². The highest BCUT2D eigenvalue weighted by molar-refractivity contribution is 5.78. The molecule has 0 fully saturated rings. The first-order valence-electron chi connectivity index (χ1n) is 9.12. The first-order valence-corrected chi connectivity index (χ1v) is 9.12. The minimum Gasteiger partial charge on any atom is -0.480 e. The van der Waals surface area contributed by atoms with E-state index in [2.05, 4.69) is 10.5 Å². The molecule has 0 aromatic carbocycles. The molecule has 0 heterocycles. The van der Waals surface area contributed by atoms with Crippen molar-refractivity contribution in [1.82, 2.24) is 10.3 Å². The third kappa shape index (κ3) is 17.5. The summed E-state index contributed by atoms with van der Waals surface area (Å²) in [5.74, 6) is -1.37. The number of likely N-dealkylation sites (N-methyl/N-ethyl adjacent to an activating group) is 1. The van der Waals surface area contributed by atoms with Crippen molar-refractivity contribution in [2.75, 3.05) is 73.0 Å². The van der Waals surface area contributed by atoms with Crippen molar-refractivity contribution < 1.29 is 33.6 Å². The van der Waals surface area contributed by atoms with Gasteiger partial charge in [0.2, 0.25) is 5.91 Å². The summed E-state index contributed by atoms with van der Waals surface area (Å²) >= 11 is 0. The van der Waals surface area contributed by atoms with Crippen molar-refractivity contribution in [2.45, 2.75) is 18.9 Å². The van der Waals surface area contributed by atoms with Gasteiger partial charge in [0.1, 0.15) is 6.04 Å². The van der Waals surface area contributed by atoms with Crippen molar-refractivity contribution in [3.05, 3.63) is 0 Å². The summed E-state index contributed by atoms with van der Waals surface area (Å²) in [6.07, 6.45) is 0.170. The van der Waals surface area contributed by atoms with Crippen molar-refractivity contribution in [3.8, 4) is 0 Å². The molecule has 12 heteroatoms. The molecule has 28 heavy (non-hydrogen) atoms. The van der Waals surface area contributed by atoms with E-state index in [1.54, 1.807) is 7.05 Å². The predicted octanol–water partition coefficient (Wildman–Crippen LogP) is -0.761. The summed E-state index contributed by atoms with van der Waals surface area (Å²) in [7, 11) is 1.70. The van der Waals surface area contributed by atoms with E-state index in [9.17, 15) is 9.59 Å². The molecule has 0 aliphatic rings. The Morgan fingerprint density at radius 1 is 1.04 bits per heavy atom. The Bertz CT molecular complexity index is 428. The molecule has 0 aliphatic heterocycles. The van der Waals surface area contributed by atoms with Gasteiger partial charge in [-0.25, -0.2) is 0 Å². The van der Waals surface area contributed by atoms with Crippen LogP contribution in [0.3, 0.4) is 0 Å². The Balaban J connectivity index is 3.22. The number of carbonyl (C=O) groups is 2. The van der Waals surface area contributed by atoms with Crippen LogP contribution in [-0.2, 0) is 28.5 Å². The maximum absolute atomic E-state index is 11.5. The molecular weight excluding hydrogens is 374 g/mol. The summed E-state index contributed by atoms with van der Waals surface area (Å²) in [4.78, 5) is 22.0. The standard InChI is InChI=1S/C16H33N5O7/c1-21(20-18)5-7-26-9-11-28-13-12-27-10-8-25-6-4-19-15(22)3-2-14(17)16(23)24/h14,18H,2-13,17H2,1H3,(H,19,22)(H,23,24). The fraction of sp³-hybridized carbons (Fsp3) is 0.875. The first kappa shape index (κ1) is 26.1. The van der Waals surface area contributed by atoms with Gasteiger partial charge < -0.3 is 35.1 Å². The average Bonchev–Trinajstić information content (AvgIpc) is 2.68. The monoisotopic (exact) mass is 407 g/mol. The number of rotatable bonds is 20. The van der Waals surface area contributed by atoms with Gasteiger partial charge >= 0.3 is 5.97 Å². The van der Waals surface area contributed by atoms with Crippen LogP contribution < -0.4 is 11.1 Å². The van der Waals surface area contributed by atoms with Crippen LogP contribution in [0, 0.1) is 5.53 Å². The smallest absolute Gasteiger partial charge is 0.320 e. The minimum atomic E-state index is -1.11. The Hall–Kier alpha value is -1.86. The van der Waals surface area contributed by atoms with Crippen molar-refractivity contribution in [3.63, 3.8) is 0 Å². The summed E-state index contributed by atoms with van der Waals surface area (Å²) < 4.78 is 21.3. The number of amides is 1. The zero-order chi connectivity index (χ0) is 21.0. The summed E-state index contributed by atoms with van der Waals surface area (Å²) in [6.45, 7) is 4.42. The van der Waals surface area contributed by atoms with Gasteiger partial charge in [-0.1, -0.05) is 5.22 Å². The highest BCUT2D eigenvalue weighted by Gasteiger charge is 2.12. The van der Waals surface area contributed by atoms with Gasteiger partial charge in [0.15, 0.2) is 0 Å². The van der Waals surface area contributed by atoms with Crippen molar-refractivity contribution in [2.24, 2.45) is 11.0 Å². The van der Waals surface area contributed by atoms with E-state index in [1.165, 1.54) is 5.01 Å². The Morgan fingerprint density at radius 3 is 2.04 bits per heavy atom. The zero-order valence-corrected chi connectivity index (χ0v) is 16.4. The molecule has 1 amide bonds. The maximum Gasteiger partial charge on any atom is 0.320 e. The molecule has 0 rings (SSSR count). The fourth-order valence-electron chi connectivity index (χ4n) is 1.77. The van der Waals surface area contributed by atoms with Gasteiger partial charge in [-0.15, -0.1) is 0 Å². The molecule has 0 saturated carbocycles. The molecule has 0 aromatic rings. The Kier molecular flexibility index (Phi) is 17.3. The van der Waals surface area contributed by atoms with Crippen LogP contribution >= 0.6 is 0 Å². The van der Waals surface area contributed by atoms with E-state index in [0.29, 0.717) is 65.9 Å². The molecule has 1 atom stereocenters. The number of nitrogens with one attached hydrogen (secondary N) is 2. The average molecular weight is 407 g/mol. The van der Waals surface area contributed by atoms with Crippen LogP contribution in [0.2, 0.25) is 0 Å². The van der Waals surface area contributed by atoms with Crippen LogP contribution in [0.1, 0.15) is 12.8 Å². The first-order chi connectivity index (χ1) is 13.5. The molecule has 1 unspecified atom stereocenters. The molecule has 0 bridgehead atoms. The third-order valence-electron chi connectivity index (χ3n) is 3.41. The highest BCUT2D eigenvalue weighted by Crippen LogP contribution is 1.94. The maximum atomic E-state index is 11.5. The minimum absolute atomic E-state index is 0.0691. The number of ether oxygens (including phenoxy) is 4. The van der Waals surface area contributed by atoms with E-state index in [4.69, 9.17) is 35.3 Å². The van der Waals surface area contributed by atoms with E-state index < -0.39 is 12.0 Å². The topological polar surface area (TPSA) is 169 Å². The molecule has 0 aliphatic carbocycles. The van der Waals surface area contributed by atoms with Crippen molar-refractivity contribution in [1.29, 1.82) is 5.53 Å². The van der Waals surface area contributed by atoms with Crippen molar-refractivity contribution >= 4 is 11.9 Å². The summed E-state index contributed by atoms with van der Waals surface area (Å²) in [5, 5.41) is 15.9. The largest absolute Gasteiger partial charge is 0.480 e. The van der Waals surface area contributed by atoms with Gasteiger partial charge in [-0.2, -0.15) is 5.53 Å². The lowest BCUT2D eigenvalue weighted by Gasteiger charge is -2.10. The number of carboxylic acids is 1. The van der Waals surface area contributed by atoms with Gasteiger partial charge in [-0.05, 0) is 6.42 Å². The number of hydrogen-bond donors (Lipinski definition) is 4. The number of carboxylic acid groups (broad SMARTS) is 1. The molecule has 0 aromatic heterocycles. The number of nitrogens with two attached hydrogens (primary N) is 1. The fourth-order valence-corrected chi connectivity index (χ4v) is 1.77. The SMILES string of the molecule is CN(CCOCCOCCOCCOCCNC(=O)CCC(N)C(=O)O)N=N. The predicted molar refractivity (Wildman–Crippen MR) is 98.9 cm³/mol. The normalized spacial score (nSPS) is 11.8. The lowest BCUT2D eigenvalue weighted by molar-refractivity contribution is -0.138. The zero-order valence-electron chi connectivity index (χ0n) is 16.4. The van der Waals surface area contributed by atoms with Crippen LogP contribution in [0.25, 0.3) is 0 Å². The molecular formula is C16H33N5O7. The van der Waals surface area contributed by atoms with E-state index >= 15 is 0 Å². The lowest BCUT2D eigenvalue weighted by Crippen LogP contribution is -2.33. The highest BCUT2D eigenvalue weighted by atomic mass is 16.6. The van der Waals surface area contributed by atoms with Crippen LogP contribution in [0.5, 0.6) is 0 Å². The van der Waals surface area contributed by atoms with Gasteiger partial charge in [0.25, 0.3) is 0 Å². The Labute approximate surface area is 165 Å². The number of nitrogens with zero attached hydrogens (tertiary/aromatic N) is 2. The van der Waals surface area contributed by atoms with Gasteiger partial charge in [-0.3, -0.25) is 14.6 Å². The molecule has 164 valence electrons.